The van der Waals surface area contributed by atoms with Crippen LogP contribution in [0.3, 0.4) is 0 Å². The van der Waals surface area contributed by atoms with Gasteiger partial charge in [0, 0.05) is 25.2 Å². The highest BCUT2D eigenvalue weighted by molar-refractivity contribution is 6.33. The molecule has 0 aliphatic rings. The smallest absolute Gasteiger partial charge is 0.0642 e. The molecule has 1 atom stereocenters. The minimum Gasteiger partial charge on any atom is -0.370 e. The van der Waals surface area contributed by atoms with E-state index in [1.807, 2.05) is 12.1 Å². The van der Waals surface area contributed by atoms with Gasteiger partial charge >= 0.3 is 0 Å². The number of para-hydroxylation sites is 1. The van der Waals surface area contributed by atoms with E-state index in [-0.39, 0.29) is 5.54 Å². The van der Waals surface area contributed by atoms with Crippen LogP contribution in [-0.2, 0) is 6.54 Å². The molecule has 0 spiro atoms. The number of nitrogens with zero attached hydrogens (tertiary/aromatic N) is 1. The van der Waals surface area contributed by atoms with Gasteiger partial charge in [0.05, 0.1) is 10.7 Å². The molecule has 108 valence electrons. The number of halogens is 1. The number of hydrogen-bond acceptors (Lipinski definition) is 2. The standard InChI is InChI=1S/C16H27ClN2/c1-7-12(2)19(6)15-13(9-8-10-14(15)17)11-18-16(3,4)5/h8-10,12,18H,7,11H2,1-6H3. The van der Waals surface area contributed by atoms with E-state index in [9.17, 15) is 0 Å². The van der Waals surface area contributed by atoms with Gasteiger partial charge in [-0.3, -0.25) is 0 Å². The molecule has 19 heavy (non-hydrogen) atoms. The van der Waals surface area contributed by atoms with Gasteiger partial charge in [0.15, 0.2) is 0 Å². The third-order valence-electron chi connectivity index (χ3n) is 3.48. The molecular formula is C16H27ClN2. The van der Waals surface area contributed by atoms with Crippen LogP contribution in [0.1, 0.15) is 46.6 Å². The molecule has 1 rings (SSSR count). The molecular weight excluding hydrogens is 256 g/mol. The van der Waals surface area contributed by atoms with E-state index in [1.54, 1.807) is 0 Å². The van der Waals surface area contributed by atoms with Gasteiger partial charge in [0.2, 0.25) is 0 Å². The SMILES string of the molecule is CCC(C)N(C)c1c(Cl)cccc1CNC(C)(C)C. The van der Waals surface area contributed by atoms with Crippen LogP contribution in [-0.4, -0.2) is 18.6 Å². The molecule has 0 amide bonds. The lowest BCUT2D eigenvalue weighted by molar-refractivity contribution is 0.424. The molecule has 2 nitrogen and oxygen atoms in total. The lowest BCUT2D eigenvalue weighted by atomic mass is 10.1. The predicted molar refractivity (Wildman–Crippen MR) is 86.2 cm³/mol. The van der Waals surface area contributed by atoms with Gasteiger partial charge in [-0.05, 0) is 45.7 Å². The maximum atomic E-state index is 6.41. The Morgan fingerprint density at radius 3 is 2.47 bits per heavy atom. The van der Waals surface area contributed by atoms with Crippen molar-refractivity contribution in [3.8, 4) is 0 Å². The third kappa shape index (κ3) is 4.70. The summed E-state index contributed by atoms with van der Waals surface area (Å²) in [7, 11) is 2.12. The van der Waals surface area contributed by atoms with Gasteiger partial charge in [-0.25, -0.2) is 0 Å². The molecule has 1 N–H and O–H groups in total. The van der Waals surface area contributed by atoms with Crippen molar-refractivity contribution in [1.82, 2.24) is 5.32 Å². The molecule has 1 unspecified atom stereocenters. The van der Waals surface area contributed by atoms with Gasteiger partial charge in [-0.15, -0.1) is 0 Å². The first kappa shape index (κ1) is 16.3. The zero-order valence-electron chi connectivity index (χ0n) is 13.0. The predicted octanol–water partition coefficient (Wildman–Crippen LogP) is 4.46. The van der Waals surface area contributed by atoms with E-state index in [0.29, 0.717) is 6.04 Å². The molecule has 0 aliphatic heterocycles. The second-order valence-corrected chi connectivity index (χ2v) is 6.63. The van der Waals surface area contributed by atoms with E-state index in [2.05, 4.69) is 57.9 Å². The fourth-order valence-electron chi connectivity index (χ4n) is 1.95. The van der Waals surface area contributed by atoms with Crippen LogP contribution >= 0.6 is 11.6 Å². The normalized spacial score (nSPS) is 13.4. The summed E-state index contributed by atoms with van der Waals surface area (Å²) in [6.07, 6.45) is 1.11. The van der Waals surface area contributed by atoms with Crippen LogP contribution in [0.15, 0.2) is 18.2 Å². The van der Waals surface area contributed by atoms with Crippen LogP contribution in [0, 0.1) is 0 Å². The number of benzene rings is 1. The van der Waals surface area contributed by atoms with Crippen molar-refractivity contribution in [3.05, 3.63) is 28.8 Å². The summed E-state index contributed by atoms with van der Waals surface area (Å²) >= 11 is 6.41. The summed E-state index contributed by atoms with van der Waals surface area (Å²) in [5.74, 6) is 0. The topological polar surface area (TPSA) is 15.3 Å². The van der Waals surface area contributed by atoms with Crippen molar-refractivity contribution in [3.63, 3.8) is 0 Å². The Morgan fingerprint density at radius 2 is 1.95 bits per heavy atom. The van der Waals surface area contributed by atoms with Crippen LogP contribution in [0.25, 0.3) is 0 Å². The van der Waals surface area contributed by atoms with E-state index >= 15 is 0 Å². The van der Waals surface area contributed by atoms with Gasteiger partial charge in [0.1, 0.15) is 0 Å². The highest BCUT2D eigenvalue weighted by Gasteiger charge is 2.17. The molecule has 1 aromatic rings. The van der Waals surface area contributed by atoms with E-state index < -0.39 is 0 Å². The fraction of sp³-hybridized carbons (Fsp3) is 0.625. The molecule has 0 heterocycles. The lowest BCUT2D eigenvalue weighted by Gasteiger charge is -2.30. The van der Waals surface area contributed by atoms with E-state index in [1.165, 1.54) is 5.56 Å². The molecule has 0 aromatic heterocycles. The molecule has 0 saturated carbocycles. The maximum absolute atomic E-state index is 6.41. The van der Waals surface area contributed by atoms with Crippen LogP contribution in [0.4, 0.5) is 5.69 Å². The minimum atomic E-state index is 0.106. The number of hydrogen-bond donors (Lipinski definition) is 1. The van der Waals surface area contributed by atoms with Crippen molar-refractivity contribution in [1.29, 1.82) is 0 Å². The molecule has 0 saturated heterocycles. The average Bonchev–Trinajstić information content (AvgIpc) is 2.33. The van der Waals surface area contributed by atoms with Gasteiger partial charge < -0.3 is 10.2 Å². The van der Waals surface area contributed by atoms with Gasteiger partial charge in [0.25, 0.3) is 0 Å². The second kappa shape index (κ2) is 6.62. The minimum absolute atomic E-state index is 0.106. The Hall–Kier alpha value is -0.730. The molecule has 0 fully saturated rings. The summed E-state index contributed by atoms with van der Waals surface area (Å²) in [5, 5.41) is 4.36. The fourth-order valence-corrected chi connectivity index (χ4v) is 2.28. The highest BCUT2D eigenvalue weighted by Crippen LogP contribution is 2.31. The summed E-state index contributed by atoms with van der Waals surface area (Å²) in [6.45, 7) is 11.8. The Labute approximate surface area is 123 Å². The monoisotopic (exact) mass is 282 g/mol. The van der Waals surface area contributed by atoms with Crippen molar-refractivity contribution in [2.24, 2.45) is 0 Å². The molecule has 3 heteroatoms. The largest absolute Gasteiger partial charge is 0.370 e. The zero-order valence-corrected chi connectivity index (χ0v) is 13.8. The first-order valence-corrected chi connectivity index (χ1v) is 7.39. The van der Waals surface area contributed by atoms with Crippen LogP contribution in [0.5, 0.6) is 0 Å². The lowest BCUT2D eigenvalue weighted by Crippen LogP contribution is -2.36. The van der Waals surface area contributed by atoms with Gasteiger partial charge in [-0.1, -0.05) is 30.7 Å². The van der Waals surface area contributed by atoms with Crippen molar-refractivity contribution in [2.45, 2.75) is 59.2 Å². The van der Waals surface area contributed by atoms with Crippen LogP contribution < -0.4 is 10.2 Å². The summed E-state index contributed by atoms with van der Waals surface area (Å²) in [5.41, 5.74) is 2.51. The molecule has 0 radical (unpaired) electrons. The van der Waals surface area contributed by atoms with E-state index in [4.69, 9.17) is 11.6 Å². The Kier molecular flexibility index (Phi) is 5.69. The van der Waals surface area contributed by atoms with Crippen molar-refractivity contribution in [2.75, 3.05) is 11.9 Å². The quantitative estimate of drug-likeness (QED) is 0.858. The summed E-state index contributed by atoms with van der Waals surface area (Å²) in [6, 6.07) is 6.62. The highest BCUT2D eigenvalue weighted by atomic mass is 35.5. The van der Waals surface area contributed by atoms with Crippen molar-refractivity contribution < 1.29 is 0 Å². The van der Waals surface area contributed by atoms with Crippen LogP contribution in [0.2, 0.25) is 5.02 Å². The summed E-state index contributed by atoms with van der Waals surface area (Å²) in [4.78, 5) is 2.28. The Morgan fingerprint density at radius 1 is 1.32 bits per heavy atom. The number of rotatable bonds is 5. The Bertz CT molecular complexity index is 410. The second-order valence-electron chi connectivity index (χ2n) is 6.22. The zero-order chi connectivity index (χ0) is 14.6. The van der Waals surface area contributed by atoms with Crippen molar-refractivity contribution >= 4 is 17.3 Å². The molecule has 0 aliphatic carbocycles. The van der Waals surface area contributed by atoms with Gasteiger partial charge in [-0.2, -0.15) is 0 Å². The first-order chi connectivity index (χ1) is 8.76. The number of nitrogens with one attached hydrogen (secondary N) is 1. The molecule has 1 aromatic carbocycles. The first-order valence-electron chi connectivity index (χ1n) is 7.01. The molecule has 0 bridgehead atoms. The van der Waals surface area contributed by atoms with E-state index in [0.717, 1.165) is 23.7 Å². The average molecular weight is 283 g/mol. The summed E-state index contributed by atoms with van der Waals surface area (Å²) < 4.78 is 0. The third-order valence-corrected chi connectivity index (χ3v) is 3.79. The Balaban J connectivity index is 3.01. The maximum Gasteiger partial charge on any atom is 0.0642 e. The number of anilines is 1.